The maximum Gasteiger partial charge on any atom is 0.260 e. The minimum absolute atomic E-state index is 0.0836. The number of hydrogen-bond donors (Lipinski definition) is 3. The number of fused-ring (bicyclic) bond motifs is 4. The smallest absolute Gasteiger partial charge is 0.260 e. The molecule has 0 spiro atoms. The van der Waals surface area contributed by atoms with E-state index < -0.39 is 5.91 Å². The van der Waals surface area contributed by atoms with E-state index in [0.717, 1.165) is 65.8 Å². The molecule has 2 aliphatic rings. The molecule has 10 heteroatoms. The molecule has 0 radical (unpaired) electrons. The van der Waals surface area contributed by atoms with E-state index >= 15 is 0 Å². The van der Waals surface area contributed by atoms with Crippen LogP contribution in [0.15, 0.2) is 9.95 Å². The van der Waals surface area contributed by atoms with Gasteiger partial charge in [-0.25, -0.2) is 4.98 Å². The van der Waals surface area contributed by atoms with Crippen molar-refractivity contribution in [3.8, 4) is 0 Å². The third kappa shape index (κ3) is 3.46. The van der Waals surface area contributed by atoms with Crippen molar-refractivity contribution < 1.29 is 9.59 Å². The minimum atomic E-state index is -0.504. The van der Waals surface area contributed by atoms with E-state index in [4.69, 9.17) is 5.73 Å². The van der Waals surface area contributed by atoms with Gasteiger partial charge in [0.1, 0.15) is 9.83 Å². The van der Waals surface area contributed by atoms with Gasteiger partial charge in [0.15, 0.2) is 5.16 Å². The first kappa shape index (κ1) is 19.8. The zero-order valence-electron chi connectivity index (χ0n) is 16.1. The number of thioether (sulfide) groups is 1. The Morgan fingerprint density at radius 3 is 2.63 bits per heavy atom. The first-order chi connectivity index (χ1) is 14.5. The van der Waals surface area contributed by atoms with Gasteiger partial charge in [0.05, 0.1) is 16.7 Å². The fourth-order valence-electron chi connectivity index (χ4n) is 4.26. The van der Waals surface area contributed by atoms with Crippen LogP contribution < -0.4 is 16.6 Å². The SMILES string of the molecule is NC(=O)c1c(NC(=O)CSc2nc3sc4c(c3c(=O)[nH]2)CCCC4)sc2c1CCC2. The van der Waals surface area contributed by atoms with Gasteiger partial charge in [0.25, 0.3) is 11.5 Å². The van der Waals surface area contributed by atoms with E-state index in [-0.39, 0.29) is 17.2 Å². The number of rotatable bonds is 5. The molecule has 5 rings (SSSR count). The second kappa shape index (κ2) is 7.82. The highest BCUT2D eigenvalue weighted by Gasteiger charge is 2.26. The molecule has 30 heavy (non-hydrogen) atoms. The second-order valence-electron chi connectivity index (χ2n) is 7.52. The maximum atomic E-state index is 12.6. The summed E-state index contributed by atoms with van der Waals surface area (Å²) in [5.74, 6) is -0.675. The number of carbonyl (C=O) groups is 2. The van der Waals surface area contributed by atoms with Crippen molar-refractivity contribution >= 4 is 61.5 Å². The van der Waals surface area contributed by atoms with E-state index in [1.165, 1.54) is 28.0 Å². The van der Waals surface area contributed by atoms with Gasteiger partial charge in [-0.15, -0.1) is 22.7 Å². The number of thiophene rings is 2. The predicted octanol–water partition coefficient (Wildman–Crippen LogP) is 3.24. The highest BCUT2D eigenvalue weighted by molar-refractivity contribution is 7.99. The molecule has 7 nitrogen and oxygen atoms in total. The molecule has 0 saturated heterocycles. The first-order valence-electron chi connectivity index (χ1n) is 9.93. The molecule has 0 unspecified atom stereocenters. The topological polar surface area (TPSA) is 118 Å². The molecule has 3 heterocycles. The highest BCUT2D eigenvalue weighted by atomic mass is 32.2. The number of H-pyrrole nitrogens is 1. The number of carbonyl (C=O) groups excluding carboxylic acids is 2. The van der Waals surface area contributed by atoms with Crippen LogP contribution in [0.5, 0.6) is 0 Å². The molecule has 2 aliphatic carbocycles. The number of amides is 2. The molecule has 0 bridgehead atoms. The van der Waals surface area contributed by atoms with Crippen LogP contribution >= 0.6 is 34.4 Å². The monoisotopic (exact) mass is 460 g/mol. The molecule has 0 saturated carbocycles. The number of aryl methyl sites for hydroxylation is 3. The second-order valence-corrected chi connectivity index (χ2v) is 10.7. The average molecular weight is 461 g/mol. The standard InChI is InChI=1S/C20H20N4O3S3/c21-16(26)14-9-5-3-7-12(9)29-18(14)22-13(25)8-28-20-23-17(27)15-10-4-1-2-6-11(10)30-19(15)24-20/h1-8H2,(H2,21,26)(H,22,25)(H,23,24,27). The predicted molar refractivity (Wildman–Crippen MR) is 121 cm³/mol. The number of nitrogens with zero attached hydrogens (tertiary/aromatic N) is 1. The van der Waals surface area contributed by atoms with Crippen molar-refractivity contribution in [2.45, 2.75) is 50.1 Å². The summed E-state index contributed by atoms with van der Waals surface area (Å²) in [6.45, 7) is 0. The number of aromatic amines is 1. The van der Waals surface area contributed by atoms with Crippen LogP contribution in [0.4, 0.5) is 5.00 Å². The molecule has 4 N–H and O–H groups in total. The van der Waals surface area contributed by atoms with Crippen molar-refractivity contribution in [1.82, 2.24) is 9.97 Å². The zero-order chi connectivity index (χ0) is 20.8. The van der Waals surface area contributed by atoms with Crippen LogP contribution in [0.25, 0.3) is 10.2 Å². The molecule has 0 atom stereocenters. The Labute approximate surface area is 184 Å². The molecule has 3 aromatic rings. The van der Waals surface area contributed by atoms with Crippen molar-refractivity contribution in [3.05, 3.63) is 36.8 Å². The maximum absolute atomic E-state index is 12.6. The lowest BCUT2D eigenvalue weighted by molar-refractivity contribution is -0.113. The third-order valence-corrected chi connectivity index (χ3v) is 8.83. The van der Waals surface area contributed by atoms with E-state index in [9.17, 15) is 14.4 Å². The van der Waals surface area contributed by atoms with E-state index in [2.05, 4.69) is 15.3 Å². The Balaban J connectivity index is 1.32. The molecular weight excluding hydrogens is 440 g/mol. The molecule has 0 fully saturated rings. The number of anilines is 1. The van der Waals surface area contributed by atoms with Crippen molar-refractivity contribution in [2.24, 2.45) is 5.73 Å². The minimum Gasteiger partial charge on any atom is -0.365 e. The van der Waals surface area contributed by atoms with Crippen LogP contribution in [0.1, 0.15) is 50.5 Å². The Hall–Kier alpha value is -2.17. The van der Waals surface area contributed by atoms with Gasteiger partial charge in [0, 0.05) is 9.75 Å². The zero-order valence-corrected chi connectivity index (χ0v) is 18.6. The number of primary amides is 1. The Kier molecular flexibility index (Phi) is 5.16. The van der Waals surface area contributed by atoms with Gasteiger partial charge in [0.2, 0.25) is 5.91 Å². The largest absolute Gasteiger partial charge is 0.365 e. The van der Waals surface area contributed by atoms with Gasteiger partial charge in [-0.3, -0.25) is 14.4 Å². The Bertz CT molecular complexity index is 1240. The van der Waals surface area contributed by atoms with Gasteiger partial charge < -0.3 is 16.0 Å². The molecule has 0 aromatic carbocycles. The molecule has 156 valence electrons. The average Bonchev–Trinajstić information content (AvgIpc) is 3.38. The van der Waals surface area contributed by atoms with Crippen LogP contribution in [0.3, 0.4) is 0 Å². The lowest BCUT2D eigenvalue weighted by Crippen LogP contribution is -2.19. The molecule has 0 aliphatic heterocycles. The van der Waals surface area contributed by atoms with Gasteiger partial charge in [-0.2, -0.15) is 0 Å². The van der Waals surface area contributed by atoms with Crippen molar-refractivity contribution in [1.29, 1.82) is 0 Å². The lowest BCUT2D eigenvalue weighted by atomic mass is 9.97. The normalized spacial score (nSPS) is 15.2. The quantitative estimate of drug-likeness (QED) is 0.399. The summed E-state index contributed by atoms with van der Waals surface area (Å²) >= 11 is 4.21. The fraction of sp³-hybridized carbons (Fsp3) is 0.400. The molecule has 2 amide bonds. The van der Waals surface area contributed by atoms with E-state index in [0.29, 0.717) is 21.1 Å². The Morgan fingerprint density at radius 2 is 1.80 bits per heavy atom. The number of aromatic nitrogens is 2. The summed E-state index contributed by atoms with van der Waals surface area (Å²) in [4.78, 5) is 47.5. The summed E-state index contributed by atoms with van der Waals surface area (Å²) < 4.78 is 0. The molecule has 3 aromatic heterocycles. The first-order valence-corrected chi connectivity index (χ1v) is 12.5. The third-order valence-electron chi connectivity index (χ3n) is 5.56. The summed E-state index contributed by atoms with van der Waals surface area (Å²) in [6, 6.07) is 0. The van der Waals surface area contributed by atoms with Gasteiger partial charge >= 0.3 is 0 Å². The van der Waals surface area contributed by atoms with E-state index in [1.807, 2.05) is 0 Å². The van der Waals surface area contributed by atoms with Crippen LogP contribution in [-0.4, -0.2) is 27.5 Å². The van der Waals surface area contributed by atoms with Crippen LogP contribution in [0.2, 0.25) is 0 Å². The number of hydrogen-bond acceptors (Lipinski definition) is 7. The lowest BCUT2D eigenvalue weighted by Gasteiger charge is -2.09. The van der Waals surface area contributed by atoms with E-state index in [1.54, 1.807) is 11.3 Å². The van der Waals surface area contributed by atoms with Crippen LogP contribution in [-0.2, 0) is 30.5 Å². The highest BCUT2D eigenvalue weighted by Crippen LogP contribution is 2.39. The van der Waals surface area contributed by atoms with Gasteiger partial charge in [-0.05, 0) is 56.1 Å². The summed E-state index contributed by atoms with van der Waals surface area (Å²) in [5, 5.41) is 4.50. The Morgan fingerprint density at radius 1 is 1.07 bits per heavy atom. The fourth-order valence-corrected chi connectivity index (χ4v) is 7.55. The number of nitrogens with one attached hydrogen (secondary N) is 2. The molecular formula is C20H20N4O3S3. The van der Waals surface area contributed by atoms with Crippen LogP contribution in [0, 0.1) is 0 Å². The number of nitrogens with two attached hydrogens (primary N) is 1. The van der Waals surface area contributed by atoms with Crippen molar-refractivity contribution in [2.75, 3.05) is 11.1 Å². The summed E-state index contributed by atoms with van der Waals surface area (Å²) in [5.41, 5.74) is 7.99. The summed E-state index contributed by atoms with van der Waals surface area (Å²) in [7, 11) is 0. The summed E-state index contributed by atoms with van der Waals surface area (Å²) in [6.07, 6.45) is 6.95. The van der Waals surface area contributed by atoms with Crippen molar-refractivity contribution in [3.63, 3.8) is 0 Å². The van der Waals surface area contributed by atoms with Gasteiger partial charge in [-0.1, -0.05) is 11.8 Å².